The molecule has 3 aromatic rings. The Morgan fingerprint density at radius 1 is 1.10 bits per heavy atom. The molecule has 1 aromatic heterocycles. The van der Waals surface area contributed by atoms with Crippen LogP contribution < -0.4 is 0 Å². The third-order valence-electron chi connectivity index (χ3n) is 5.41. The third kappa shape index (κ3) is 3.94. The van der Waals surface area contributed by atoms with E-state index in [4.69, 9.17) is 4.74 Å². The summed E-state index contributed by atoms with van der Waals surface area (Å²) < 4.78 is 7.87. The summed E-state index contributed by atoms with van der Waals surface area (Å²) in [6.45, 7) is 6.09. The van der Waals surface area contributed by atoms with Gasteiger partial charge in [-0.2, -0.15) is 0 Å². The Labute approximate surface area is 173 Å². The van der Waals surface area contributed by atoms with Crippen LogP contribution in [0.25, 0.3) is 20.2 Å². The monoisotopic (exact) mass is 411 g/mol. The van der Waals surface area contributed by atoms with Crippen molar-refractivity contribution in [3.05, 3.63) is 48.0 Å². The molecule has 5 nitrogen and oxygen atoms in total. The number of carboxylic acids is 1. The number of nitrogens with zero attached hydrogens (tertiary/aromatic N) is 1. The molecular weight excluding hydrogens is 386 g/mol. The van der Waals surface area contributed by atoms with Crippen LogP contribution in [0.5, 0.6) is 0 Å². The predicted molar refractivity (Wildman–Crippen MR) is 116 cm³/mol. The number of amides is 1. The molecule has 2 heterocycles. The molecule has 29 heavy (non-hydrogen) atoms. The van der Waals surface area contributed by atoms with Crippen LogP contribution in [0.4, 0.5) is 4.79 Å². The van der Waals surface area contributed by atoms with Crippen LogP contribution >= 0.6 is 11.3 Å². The van der Waals surface area contributed by atoms with Crippen LogP contribution in [0.1, 0.15) is 38.7 Å². The molecule has 0 radical (unpaired) electrons. The lowest BCUT2D eigenvalue weighted by Gasteiger charge is -2.37. The largest absolute Gasteiger partial charge is 0.481 e. The first kappa shape index (κ1) is 19.7. The van der Waals surface area contributed by atoms with Crippen LogP contribution in [-0.4, -0.2) is 40.8 Å². The van der Waals surface area contributed by atoms with Crippen LogP contribution in [-0.2, 0) is 9.53 Å². The minimum absolute atomic E-state index is 0.130. The van der Waals surface area contributed by atoms with Crippen LogP contribution in [0.2, 0.25) is 0 Å². The quantitative estimate of drug-likeness (QED) is 0.606. The maximum Gasteiger partial charge on any atom is 0.410 e. The normalized spacial score (nSPS) is 20.2. The van der Waals surface area contributed by atoms with Gasteiger partial charge in [-0.25, -0.2) is 4.79 Å². The number of piperidine rings is 1. The minimum Gasteiger partial charge on any atom is -0.481 e. The number of thiophene rings is 1. The Balaban J connectivity index is 1.63. The van der Waals surface area contributed by atoms with Crippen LogP contribution in [0.15, 0.2) is 42.5 Å². The second-order valence-corrected chi connectivity index (χ2v) is 9.70. The van der Waals surface area contributed by atoms with E-state index < -0.39 is 23.6 Å². The van der Waals surface area contributed by atoms with Crippen molar-refractivity contribution in [1.82, 2.24) is 4.90 Å². The summed E-state index contributed by atoms with van der Waals surface area (Å²) in [5.74, 6) is -1.66. The van der Waals surface area contributed by atoms with E-state index in [1.165, 1.54) is 25.1 Å². The average molecular weight is 412 g/mol. The zero-order valence-corrected chi connectivity index (χ0v) is 17.7. The fourth-order valence-electron chi connectivity index (χ4n) is 4.07. The van der Waals surface area contributed by atoms with Gasteiger partial charge < -0.3 is 14.7 Å². The zero-order valence-electron chi connectivity index (χ0n) is 16.8. The van der Waals surface area contributed by atoms with Gasteiger partial charge in [-0.15, -0.1) is 11.3 Å². The molecule has 152 valence electrons. The third-order valence-corrected chi connectivity index (χ3v) is 6.56. The highest BCUT2D eigenvalue weighted by Crippen LogP contribution is 2.39. The van der Waals surface area contributed by atoms with Crippen molar-refractivity contribution in [2.24, 2.45) is 5.92 Å². The van der Waals surface area contributed by atoms with Gasteiger partial charge in [0.1, 0.15) is 5.60 Å². The van der Waals surface area contributed by atoms with Crippen molar-refractivity contribution in [3.8, 4) is 0 Å². The van der Waals surface area contributed by atoms with Crippen molar-refractivity contribution >= 4 is 43.6 Å². The summed E-state index contributed by atoms with van der Waals surface area (Å²) in [5, 5.41) is 12.2. The first-order valence-electron chi connectivity index (χ1n) is 9.85. The predicted octanol–water partition coefficient (Wildman–Crippen LogP) is 5.48. The molecule has 0 spiro atoms. The molecule has 1 N–H and O–H groups in total. The number of hydrogen-bond acceptors (Lipinski definition) is 4. The lowest BCUT2D eigenvalue weighted by Crippen LogP contribution is -2.47. The number of carbonyl (C=O) groups excluding carboxylic acids is 1. The number of carboxylic acid groups (broad SMARTS) is 1. The second-order valence-electron chi connectivity index (χ2n) is 8.62. The molecule has 1 aliphatic rings. The van der Waals surface area contributed by atoms with Gasteiger partial charge in [-0.1, -0.05) is 24.3 Å². The molecule has 0 unspecified atom stereocenters. The number of carbonyl (C=O) groups is 2. The van der Waals surface area contributed by atoms with Crippen molar-refractivity contribution in [3.63, 3.8) is 0 Å². The van der Waals surface area contributed by atoms with E-state index in [2.05, 4.69) is 24.3 Å². The van der Waals surface area contributed by atoms with E-state index in [1.807, 2.05) is 39.0 Å². The Kier molecular flexibility index (Phi) is 4.99. The second kappa shape index (κ2) is 7.34. The fraction of sp³-hybridized carbons (Fsp3) is 0.391. The Bertz CT molecular complexity index is 1080. The number of rotatable bonds is 2. The van der Waals surface area contributed by atoms with Crippen LogP contribution in [0.3, 0.4) is 0 Å². The summed E-state index contributed by atoms with van der Waals surface area (Å²) in [4.78, 5) is 26.0. The lowest BCUT2D eigenvalue weighted by molar-refractivity contribution is -0.144. The van der Waals surface area contributed by atoms with Crippen LogP contribution in [0, 0.1) is 5.92 Å². The zero-order chi connectivity index (χ0) is 20.8. The average Bonchev–Trinajstić information content (AvgIpc) is 3.04. The molecular formula is C23H25NO4S. The summed E-state index contributed by atoms with van der Waals surface area (Å²) >= 11 is 1.75. The number of aliphatic carboxylic acids is 1. The number of hydrogen-bond donors (Lipinski definition) is 1. The van der Waals surface area contributed by atoms with Crippen molar-refractivity contribution in [2.75, 3.05) is 13.1 Å². The highest BCUT2D eigenvalue weighted by Gasteiger charge is 2.38. The van der Waals surface area contributed by atoms with E-state index in [1.54, 1.807) is 11.3 Å². The molecule has 2 aromatic carbocycles. The maximum atomic E-state index is 12.4. The summed E-state index contributed by atoms with van der Waals surface area (Å²) in [6.07, 6.45) is 0.158. The molecule has 1 aliphatic heterocycles. The van der Waals surface area contributed by atoms with Gasteiger partial charge in [0, 0.05) is 39.2 Å². The lowest BCUT2D eigenvalue weighted by atomic mass is 9.80. The van der Waals surface area contributed by atoms with Gasteiger partial charge in [-0.3, -0.25) is 4.79 Å². The highest BCUT2D eigenvalue weighted by atomic mass is 32.1. The molecule has 0 bridgehead atoms. The van der Waals surface area contributed by atoms with E-state index >= 15 is 0 Å². The van der Waals surface area contributed by atoms with Gasteiger partial charge in [-0.05, 0) is 51.0 Å². The molecule has 1 saturated heterocycles. The van der Waals surface area contributed by atoms with E-state index in [0.717, 1.165) is 5.56 Å². The SMILES string of the molecule is CC(C)(C)OC(=O)N1CC[C@H](c2ccc3sc4ccccc4c3c2)[C@@H](C(=O)O)C1. The molecule has 1 fully saturated rings. The maximum absolute atomic E-state index is 12.4. The Morgan fingerprint density at radius 2 is 1.83 bits per heavy atom. The summed E-state index contributed by atoms with van der Waals surface area (Å²) in [6, 6.07) is 14.6. The van der Waals surface area contributed by atoms with E-state index in [-0.39, 0.29) is 12.5 Å². The van der Waals surface area contributed by atoms with Gasteiger partial charge >= 0.3 is 12.1 Å². The molecule has 6 heteroatoms. The van der Waals surface area contributed by atoms with E-state index in [0.29, 0.717) is 13.0 Å². The Morgan fingerprint density at radius 3 is 2.55 bits per heavy atom. The van der Waals surface area contributed by atoms with E-state index in [9.17, 15) is 14.7 Å². The smallest absolute Gasteiger partial charge is 0.410 e. The standard InChI is InChI=1S/C23H25NO4S/c1-23(2,3)28-22(27)24-11-10-15(18(13-24)21(25)26)14-8-9-20-17(12-14)16-6-4-5-7-19(16)29-20/h4-9,12,15,18H,10-11,13H2,1-3H3,(H,25,26)/t15-,18+/m1/s1. The first-order chi connectivity index (χ1) is 13.7. The molecule has 0 aliphatic carbocycles. The van der Waals surface area contributed by atoms with Gasteiger partial charge in [0.2, 0.25) is 0 Å². The highest BCUT2D eigenvalue weighted by molar-refractivity contribution is 7.25. The first-order valence-corrected chi connectivity index (χ1v) is 10.7. The molecule has 4 rings (SSSR count). The summed E-state index contributed by atoms with van der Waals surface area (Å²) in [7, 11) is 0. The molecule has 0 saturated carbocycles. The number of ether oxygens (including phenoxy) is 1. The summed E-state index contributed by atoms with van der Waals surface area (Å²) in [5.41, 5.74) is 0.426. The topological polar surface area (TPSA) is 66.8 Å². The van der Waals surface area contributed by atoms with Crippen molar-refractivity contribution < 1.29 is 19.4 Å². The minimum atomic E-state index is -0.876. The number of likely N-dealkylation sites (tertiary alicyclic amines) is 1. The van der Waals surface area contributed by atoms with Gasteiger partial charge in [0.15, 0.2) is 0 Å². The van der Waals surface area contributed by atoms with Gasteiger partial charge in [0.25, 0.3) is 0 Å². The van der Waals surface area contributed by atoms with Gasteiger partial charge in [0.05, 0.1) is 5.92 Å². The fourth-order valence-corrected chi connectivity index (χ4v) is 5.15. The Hall–Kier alpha value is -2.60. The number of fused-ring (bicyclic) bond motifs is 3. The molecule has 2 atom stereocenters. The number of benzene rings is 2. The molecule has 1 amide bonds. The van der Waals surface area contributed by atoms with Crippen molar-refractivity contribution in [1.29, 1.82) is 0 Å². The van der Waals surface area contributed by atoms with Crippen molar-refractivity contribution in [2.45, 2.75) is 38.7 Å².